The Morgan fingerprint density at radius 1 is 1.00 bits per heavy atom. The van der Waals surface area contributed by atoms with Gasteiger partial charge in [-0.1, -0.05) is 18.2 Å². The van der Waals surface area contributed by atoms with Crippen LogP contribution in [0.5, 0.6) is 5.75 Å². The number of para-hydroxylation sites is 1. The van der Waals surface area contributed by atoms with Crippen LogP contribution >= 0.6 is 0 Å². The van der Waals surface area contributed by atoms with E-state index in [1.165, 1.54) is 0 Å². The Bertz CT molecular complexity index is 1150. The topological polar surface area (TPSA) is 72.8 Å². The molecule has 4 aromatic rings. The van der Waals surface area contributed by atoms with Crippen molar-refractivity contribution in [2.24, 2.45) is 0 Å². The normalized spacial score (nSPS) is 12.0. The zero-order valence-corrected chi connectivity index (χ0v) is 13.5. The van der Waals surface area contributed by atoms with E-state index in [0.29, 0.717) is 11.2 Å². The molecular formula is C19H11F3O5. The largest absolute Gasteiger partial charge is 0.489 e. The fourth-order valence-corrected chi connectivity index (χ4v) is 2.84. The summed E-state index contributed by atoms with van der Waals surface area (Å²) >= 11 is 0. The first kappa shape index (κ1) is 17.0. The number of carboxylic acid groups (broad SMARTS) is 1. The van der Waals surface area contributed by atoms with Crippen molar-refractivity contribution in [2.45, 2.75) is 12.8 Å². The molecule has 4 rings (SSSR count). The maximum Gasteiger partial charge on any atom is 0.449 e. The summed E-state index contributed by atoms with van der Waals surface area (Å²) < 4.78 is 54.6. The third-order valence-electron chi connectivity index (χ3n) is 4.02. The number of hydrogen-bond donors (Lipinski definition) is 1. The molecule has 0 unspecified atom stereocenters. The molecule has 0 amide bonds. The van der Waals surface area contributed by atoms with E-state index in [4.69, 9.17) is 14.3 Å². The number of halogens is 3. The number of furan rings is 2. The number of benzene rings is 2. The molecule has 27 heavy (non-hydrogen) atoms. The number of carbonyl (C=O) groups is 1. The van der Waals surface area contributed by atoms with Crippen molar-refractivity contribution < 1.29 is 36.6 Å². The molecule has 0 aliphatic carbocycles. The lowest BCUT2D eigenvalue weighted by atomic mass is 10.1. The van der Waals surface area contributed by atoms with Crippen LogP contribution in [-0.2, 0) is 12.8 Å². The minimum absolute atomic E-state index is 0.285. The molecular weight excluding hydrogens is 365 g/mol. The molecule has 1 N–H and O–H groups in total. The van der Waals surface area contributed by atoms with Gasteiger partial charge < -0.3 is 18.7 Å². The summed E-state index contributed by atoms with van der Waals surface area (Å²) in [7, 11) is 0. The molecule has 138 valence electrons. The maximum absolute atomic E-state index is 13.0. The molecule has 0 atom stereocenters. The molecule has 2 heterocycles. The molecule has 5 nitrogen and oxygen atoms in total. The summed E-state index contributed by atoms with van der Waals surface area (Å²) in [5, 5.41) is 10.6. The van der Waals surface area contributed by atoms with Gasteiger partial charge in [-0.05, 0) is 24.3 Å². The zero-order chi connectivity index (χ0) is 19.2. The SMILES string of the molecule is O=C(O)c1cc(COc2ccc3c(c2)oc2ccccc23)c(C(F)(F)F)o1. The van der Waals surface area contributed by atoms with Crippen molar-refractivity contribution in [1.29, 1.82) is 0 Å². The molecule has 0 fully saturated rings. The Kier molecular flexibility index (Phi) is 3.83. The van der Waals surface area contributed by atoms with E-state index in [-0.39, 0.29) is 5.75 Å². The van der Waals surface area contributed by atoms with Crippen LogP contribution in [0.25, 0.3) is 21.9 Å². The predicted molar refractivity (Wildman–Crippen MR) is 88.7 cm³/mol. The first-order valence-electron chi connectivity index (χ1n) is 7.80. The van der Waals surface area contributed by atoms with Crippen LogP contribution in [0.15, 0.2) is 57.4 Å². The average molecular weight is 376 g/mol. The van der Waals surface area contributed by atoms with E-state index >= 15 is 0 Å². The predicted octanol–water partition coefficient (Wildman–Crippen LogP) is 5.48. The number of aromatic carboxylic acids is 1. The number of alkyl halides is 3. The first-order valence-corrected chi connectivity index (χ1v) is 7.80. The Labute approximate surface area is 149 Å². The van der Waals surface area contributed by atoms with E-state index in [0.717, 1.165) is 16.8 Å². The smallest absolute Gasteiger partial charge is 0.449 e. The van der Waals surface area contributed by atoms with Crippen LogP contribution in [0.2, 0.25) is 0 Å². The van der Waals surface area contributed by atoms with Crippen LogP contribution in [0, 0.1) is 0 Å². The van der Waals surface area contributed by atoms with Crippen molar-refractivity contribution in [3.05, 3.63) is 65.6 Å². The van der Waals surface area contributed by atoms with Crippen molar-refractivity contribution in [1.82, 2.24) is 0 Å². The van der Waals surface area contributed by atoms with Crippen LogP contribution in [0.1, 0.15) is 21.9 Å². The van der Waals surface area contributed by atoms with Gasteiger partial charge in [0.25, 0.3) is 0 Å². The molecule has 0 saturated heterocycles. The lowest BCUT2D eigenvalue weighted by molar-refractivity contribution is -0.154. The molecule has 0 bridgehead atoms. The highest BCUT2D eigenvalue weighted by Gasteiger charge is 2.39. The van der Waals surface area contributed by atoms with E-state index in [1.54, 1.807) is 18.2 Å². The lowest BCUT2D eigenvalue weighted by Crippen LogP contribution is -2.08. The Morgan fingerprint density at radius 2 is 1.74 bits per heavy atom. The minimum Gasteiger partial charge on any atom is -0.489 e. The van der Waals surface area contributed by atoms with Gasteiger partial charge >= 0.3 is 12.1 Å². The molecule has 0 spiro atoms. The van der Waals surface area contributed by atoms with Gasteiger partial charge in [0.15, 0.2) is 0 Å². The third-order valence-corrected chi connectivity index (χ3v) is 4.02. The van der Waals surface area contributed by atoms with E-state index < -0.39 is 35.8 Å². The van der Waals surface area contributed by atoms with Crippen LogP contribution in [0.4, 0.5) is 13.2 Å². The van der Waals surface area contributed by atoms with Crippen molar-refractivity contribution in [3.63, 3.8) is 0 Å². The zero-order valence-electron chi connectivity index (χ0n) is 13.5. The summed E-state index contributed by atoms with van der Waals surface area (Å²) in [5.74, 6) is -3.48. The summed E-state index contributed by atoms with van der Waals surface area (Å²) in [6, 6.07) is 13.2. The first-order chi connectivity index (χ1) is 12.8. The molecule has 0 radical (unpaired) electrons. The Morgan fingerprint density at radius 3 is 2.48 bits per heavy atom. The summed E-state index contributed by atoms with van der Waals surface area (Å²) in [6.07, 6.45) is -4.82. The fraction of sp³-hybridized carbons (Fsp3) is 0.105. The second-order valence-corrected chi connectivity index (χ2v) is 5.81. The van der Waals surface area contributed by atoms with Gasteiger partial charge in [-0.2, -0.15) is 13.2 Å². The van der Waals surface area contributed by atoms with Crippen molar-refractivity contribution in [2.75, 3.05) is 0 Å². The Hall–Kier alpha value is -3.42. The highest BCUT2D eigenvalue weighted by atomic mass is 19.4. The molecule has 0 saturated carbocycles. The van der Waals surface area contributed by atoms with Gasteiger partial charge in [-0.15, -0.1) is 0 Å². The van der Waals surface area contributed by atoms with Crippen LogP contribution in [0.3, 0.4) is 0 Å². The molecule has 0 aliphatic heterocycles. The van der Waals surface area contributed by atoms with Crippen LogP contribution < -0.4 is 4.74 Å². The van der Waals surface area contributed by atoms with Gasteiger partial charge in [0.1, 0.15) is 23.5 Å². The van der Waals surface area contributed by atoms with E-state index in [1.807, 2.05) is 24.3 Å². The Balaban J connectivity index is 1.63. The monoisotopic (exact) mass is 376 g/mol. The summed E-state index contributed by atoms with van der Waals surface area (Å²) in [5.41, 5.74) is 0.817. The van der Waals surface area contributed by atoms with Gasteiger partial charge in [-0.3, -0.25) is 0 Å². The number of carboxylic acids is 1. The highest BCUT2D eigenvalue weighted by Crippen LogP contribution is 2.35. The fourth-order valence-electron chi connectivity index (χ4n) is 2.84. The van der Waals surface area contributed by atoms with Gasteiger partial charge in [0.05, 0.1) is 0 Å². The average Bonchev–Trinajstić information content (AvgIpc) is 3.21. The minimum atomic E-state index is -4.82. The van der Waals surface area contributed by atoms with Gasteiger partial charge in [0.2, 0.25) is 11.5 Å². The number of fused-ring (bicyclic) bond motifs is 3. The van der Waals surface area contributed by atoms with E-state index in [2.05, 4.69) is 4.42 Å². The van der Waals surface area contributed by atoms with Crippen molar-refractivity contribution in [3.8, 4) is 5.75 Å². The summed E-state index contributed by atoms with van der Waals surface area (Å²) in [6.45, 7) is -0.503. The van der Waals surface area contributed by atoms with E-state index in [9.17, 15) is 18.0 Å². The quantitative estimate of drug-likeness (QED) is 0.511. The number of rotatable bonds is 4. The van der Waals surface area contributed by atoms with Crippen LogP contribution in [-0.4, -0.2) is 11.1 Å². The molecule has 2 aromatic carbocycles. The lowest BCUT2D eigenvalue weighted by Gasteiger charge is -2.08. The van der Waals surface area contributed by atoms with Crippen molar-refractivity contribution >= 4 is 27.9 Å². The van der Waals surface area contributed by atoms with Gasteiger partial charge in [0, 0.05) is 22.4 Å². The number of ether oxygens (including phenoxy) is 1. The number of hydrogen-bond acceptors (Lipinski definition) is 4. The molecule has 8 heteroatoms. The maximum atomic E-state index is 13.0. The molecule has 2 aromatic heterocycles. The highest BCUT2D eigenvalue weighted by molar-refractivity contribution is 6.05. The third kappa shape index (κ3) is 3.10. The second-order valence-electron chi connectivity index (χ2n) is 5.81. The van der Waals surface area contributed by atoms with Gasteiger partial charge in [-0.25, -0.2) is 4.79 Å². The molecule has 0 aliphatic rings. The summed E-state index contributed by atoms with van der Waals surface area (Å²) in [4.78, 5) is 10.9. The standard InChI is InChI=1S/C19H11F3O5/c20-19(21,22)17-10(7-16(27-17)18(23)24)9-25-11-5-6-13-12-3-1-2-4-14(12)26-15(13)8-11/h1-8H,9H2,(H,23,24). The second kappa shape index (κ2) is 6.08.